The van der Waals surface area contributed by atoms with Crippen molar-refractivity contribution in [2.45, 2.75) is 30.3 Å². The summed E-state index contributed by atoms with van der Waals surface area (Å²) >= 11 is 3.10. The second kappa shape index (κ2) is 9.48. The van der Waals surface area contributed by atoms with E-state index in [1.807, 2.05) is 35.1 Å². The minimum Gasteiger partial charge on any atom is -0.355 e. The van der Waals surface area contributed by atoms with Crippen molar-refractivity contribution in [3.05, 3.63) is 59.6 Å². The smallest absolute Gasteiger partial charge is 0.233 e. The van der Waals surface area contributed by atoms with Crippen LogP contribution in [-0.2, 0) is 17.8 Å². The standard InChI is InChI=1S/C19H21N5OS2/c1-3-12-24-17(15-6-9-20-10-7-15)22-23-19(24)27-14(2)18(25)21-11-8-16-5-4-13-26-16/h3-7,9-10,13-14H,1,8,11-12H2,2H3,(H,21,25). The highest BCUT2D eigenvalue weighted by Gasteiger charge is 2.20. The number of hydrogen-bond donors (Lipinski definition) is 1. The fourth-order valence-corrected chi connectivity index (χ4v) is 4.09. The van der Waals surface area contributed by atoms with Crippen LogP contribution in [0.5, 0.6) is 0 Å². The van der Waals surface area contributed by atoms with E-state index in [-0.39, 0.29) is 11.2 Å². The van der Waals surface area contributed by atoms with Crippen molar-refractivity contribution in [2.75, 3.05) is 6.54 Å². The van der Waals surface area contributed by atoms with E-state index in [0.717, 1.165) is 17.8 Å². The number of nitrogens with zero attached hydrogens (tertiary/aromatic N) is 4. The number of nitrogens with one attached hydrogen (secondary N) is 1. The number of allylic oxidation sites excluding steroid dienone is 1. The Morgan fingerprint density at radius 3 is 2.89 bits per heavy atom. The molecule has 140 valence electrons. The molecule has 8 heteroatoms. The van der Waals surface area contributed by atoms with Crippen molar-refractivity contribution in [3.63, 3.8) is 0 Å². The van der Waals surface area contributed by atoms with E-state index in [1.54, 1.807) is 29.8 Å². The fourth-order valence-electron chi connectivity index (χ4n) is 2.50. The van der Waals surface area contributed by atoms with E-state index >= 15 is 0 Å². The van der Waals surface area contributed by atoms with Crippen molar-refractivity contribution in [3.8, 4) is 11.4 Å². The van der Waals surface area contributed by atoms with E-state index in [2.05, 4.69) is 33.1 Å². The first-order valence-corrected chi connectivity index (χ1v) is 10.4. The van der Waals surface area contributed by atoms with E-state index < -0.39 is 0 Å². The van der Waals surface area contributed by atoms with Gasteiger partial charge in [-0.3, -0.25) is 14.3 Å². The quantitative estimate of drug-likeness (QED) is 0.441. The molecule has 0 aliphatic heterocycles. The SMILES string of the molecule is C=CCn1c(SC(C)C(=O)NCCc2cccs2)nnc1-c1ccncc1. The molecule has 3 aromatic heterocycles. The van der Waals surface area contributed by atoms with Crippen LogP contribution in [0.4, 0.5) is 0 Å². The molecule has 3 rings (SSSR count). The van der Waals surface area contributed by atoms with E-state index in [9.17, 15) is 4.79 Å². The number of hydrogen-bond acceptors (Lipinski definition) is 6. The van der Waals surface area contributed by atoms with Crippen molar-refractivity contribution in [1.29, 1.82) is 0 Å². The summed E-state index contributed by atoms with van der Waals surface area (Å²) < 4.78 is 1.96. The third kappa shape index (κ3) is 5.05. The second-order valence-corrected chi connectivity index (χ2v) is 8.16. The average Bonchev–Trinajstić information content (AvgIpc) is 3.33. The Bertz CT molecular complexity index is 877. The van der Waals surface area contributed by atoms with Gasteiger partial charge in [0.2, 0.25) is 5.91 Å². The largest absolute Gasteiger partial charge is 0.355 e. The van der Waals surface area contributed by atoms with Gasteiger partial charge in [-0.25, -0.2) is 0 Å². The first-order valence-electron chi connectivity index (χ1n) is 8.60. The molecule has 3 aromatic rings. The van der Waals surface area contributed by atoms with Crippen LogP contribution in [0.25, 0.3) is 11.4 Å². The van der Waals surface area contributed by atoms with Gasteiger partial charge in [0, 0.05) is 35.9 Å². The van der Waals surface area contributed by atoms with Gasteiger partial charge in [-0.2, -0.15) is 0 Å². The van der Waals surface area contributed by atoms with Gasteiger partial charge >= 0.3 is 0 Å². The Balaban J connectivity index is 1.64. The van der Waals surface area contributed by atoms with Gasteiger partial charge in [0.1, 0.15) is 0 Å². The molecule has 0 bridgehead atoms. The molecule has 0 radical (unpaired) electrons. The number of carbonyl (C=O) groups excluding carboxylic acids is 1. The number of rotatable bonds is 9. The monoisotopic (exact) mass is 399 g/mol. The van der Waals surface area contributed by atoms with Gasteiger partial charge in [-0.05, 0) is 36.9 Å². The third-order valence-electron chi connectivity index (χ3n) is 3.87. The second-order valence-electron chi connectivity index (χ2n) is 5.82. The predicted octanol–water partition coefficient (Wildman–Crippen LogP) is 3.43. The third-order valence-corrected chi connectivity index (χ3v) is 5.89. The van der Waals surface area contributed by atoms with Crippen LogP contribution in [-0.4, -0.2) is 37.5 Å². The van der Waals surface area contributed by atoms with Crippen molar-refractivity contribution >= 4 is 29.0 Å². The summed E-state index contributed by atoms with van der Waals surface area (Å²) in [6, 6.07) is 7.87. The van der Waals surface area contributed by atoms with Gasteiger partial charge in [-0.1, -0.05) is 23.9 Å². The average molecular weight is 400 g/mol. The molecular formula is C19H21N5OS2. The van der Waals surface area contributed by atoms with Gasteiger partial charge < -0.3 is 5.32 Å². The summed E-state index contributed by atoms with van der Waals surface area (Å²) in [5.74, 6) is 0.736. The summed E-state index contributed by atoms with van der Waals surface area (Å²) in [5, 5.41) is 14.0. The lowest BCUT2D eigenvalue weighted by Crippen LogP contribution is -2.32. The zero-order valence-corrected chi connectivity index (χ0v) is 16.7. The zero-order valence-electron chi connectivity index (χ0n) is 15.0. The zero-order chi connectivity index (χ0) is 19.1. The van der Waals surface area contributed by atoms with Crippen LogP contribution >= 0.6 is 23.1 Å². The number of thiophene rings is 1. The minimum absolute atomic E-state index is 0.00447. The Morgan fingerprint density at radius 2 is 2.19 bits per heavy atom. The van der Waals surface area contributed by atoms with Crippen LogP contribution in [0.1, 0.15) is 11.8 Å². The predicted molar refractivity (Wildman–Crippen MR) is 110 cm³/mol. The number of carbonyl (C=O) groups is 1. The Labute approximate surface area is 166 Å². The molecule has 0 aliphatic rings. The summed E-state index contributed by atoms with van der Waals surface area (Å²) in [6.07, 6.45) is 6.08. The van der Waals surface area contributed by atoms with Crippen LogP contribution in [0.15, 0.2) is 59.9 Å². The van der Waals surface area contributed by atoms with E-state index in [0.29, 0.717) is 18.2 Å². The fraction of sp³-hybridized carbons (Fsp3) is 0.263. The maximum atomic E-state index is 12.4. The number of amides is 1. The molecule has 0 saturated carbocycles. The molecule has 1 amide bonds. The van der Waals surface area contributed by atoms with Crippen LogP contribution in [0, 0.1) is 0 Å². The first kappa shape index (κ1) is 19.3. The number of pyridine rings is 1. The lowest BCUT2D eigenvalue weighted by atomic mass is 10.2. The molecule has 0 fully saturated rings. The highest BCUT2D eigenvalue weighted by molar-refractivity contribution is 8.00. The van der Waals surface area contributed by atoms with Crippen LogP contribution in [0.2, 0.25) is 0 Å². The molecule has 0 aromatic carbocycles. The molecule has 27 heavy (non-hydrogen) atoms. The molecule has 1 atom stereocenters. The lowest BCUT2D eigenvalue weighted by molar-refractivity contribution is -0.120. The molecule has 1 N–H and O–H groups in total. The van der Waals surface area contributed by atoms with Gasteiger partial charge in [0.25, 0.3) is 0 Å². The Kier molecular flexibility index (Phi) is 6.78. The van der Waals surface area contributed by atoms with Crippen LogP contribution in [0.3, 0.4) is 0 Å². The number of aromatic nitrogens is 4. The minimum atomic E-state index is -0.272. The highest BCUT2D eigenvalue weighted by Crippen LogP contribution is 2.26. The molecule has 6 nitrogen and oxygen atoms in total. The van der Waals surface area contributed by atoms with E-state index in [1.165, 1.54) is 16.6 Å². The van der Waals surface area contributed by atoms with Gasteiger partial charge in [-0.15, -0.1) is 28.1 Å². The van der Waals surface area contributed by atoms with Gasteiger partial charge in [0.05, 0.1) is 5.25 Å². The molecule has 0 spiro atoms. The maximum Gasteiger partial charge on any atom is 0.233 e. The normalized spacial score (nSPS) is 11.9. The molecular weight excluding hydrogens is 378 g/mol. The molecule has 3 heterocycles. The van der Waals surface area contributed by atoms with Crippen molar-refractivity contribution in [1.82, 2.24) is 25.1 Å². The molecule has 0 saturated heterocycles. The number of thioether (sulfide) groups is 1. The topological polar surface area (TPSA) is 72.7 Å². The molecule has 1 unspecified atom stereocenters. The summed E-state index contributed by atoms with van der Waals surface area (Å²) in [5.41, 5.74) is 0.930. The summed E-state index contributed by atoms with van der Waals surface area (Å²) in [4.78, 5) is 17.7. The van der Waals surface area contributed by atoms with E-state index in [4.69, 9.17) is 0 Å². The Morgan fingerprint density at radius 1 is 1.37 bits per heavy atom. The van der Waals surface area contributed by atoms with Crippen LogP contribution < -0.4 is 5.32 Å². The highest BCUT2D eigenvalue weighted by atomic mass is 32.2. The first-order chi connectivity index (χ1) is 13.2. The van der Waals surface area contributed by atoms with Crippen molar-refractivity contribution in [2.24, 2.45) is 0 Å². The Hall–Kier alpha value is -2.45. The summed E-state index contributed by atoms with van der Waals surface area (Å²) in [6.45, 7) is 6.89. The lowest BCUT2D eigenvalue weighted by Gasteiger charge is -2.12. The molecule has 0 aliphatic carbocycles. The van der Waals surface area contributed by atoms with Gasteiger partial charge in [0.15, 0.2) is 11.0 Å². The maximum absolute atomic E-state index is 12.4. The van der Waals surface area contributed by atoms with Crippen molar-refractivity contribution < 1.29 is 4.79 Å². The summed E-state index contributed by atoms with van der Waals surface area (Å²) in [7, 11) is 0.